The molecule has 19 heavy (non-hydrogen) atoms. The second kappa shape index (κ2) is 16.8. The maximum absolute atomic E-state index is 10.1. The van der Waals surface area contributed by atoms with Crippen LogP contribution in [0.15, 0.2) is 30.3 Å². The first kappa shape index (κ1) is 24.8. The van der Waals surface area contributed by atoms with Gasteiger partial charge >= 0.3 is 80.9 Å². The molecule has 0 radical (unpaired) electrons. The van der Waals surface area contributed by atoms with Crippen LogP contribution in [0.25, 0.3) is 0 Å². The zero-order valence-corrected chi connectivity index (χ0v) is 17.0. The van der Waals surface area contributed by atoms with Gasteiger partial charge in [0.15, 0.2) is 0 Å². The zero-order chi connectivity index (χ0) is 13.1. The number of hydrogen-bond donors (Lipinski definition) is 0. The Balaban J connectivity index is -0.000000246. The number of aliphatic carboxylic acids is 1. The van der Waals surface area contributed by atoms with Crippen molar-refractivity contribution >= 4 is 11.9 Å². The van der Waals surface area contributed by atoms with Crippen LogP contribution in [0.3, 0.4) is 0 Å². The van der Waals surface area contributed by atoms with Crippen molar-refractivity contribution in [3.05, 3.63) is 35.9 Å². The third-order valence-electron chi connectivity index (χ3n) is 1.99. The molecule has 0 aliphatic heterocycles. The van der Waals surface area contributed by atoms with Gasteiger partial charge in [0.1, 0.15) is 0 Å². The Morgan fingerprint density at radius 1 is 1.05 bits per heavy atom. The van der Waals surface area contributed by atoms with Gasteiger partial charge in [-0.15, -0.1) is 0 Å². The summed E-state index contributed by atoms with van der Waals surface area (Å²) in [6.07, 6.45) is 3.04. The van der Waals surface area contributed by atoms with E-state index in [-0.39, 0.29) is 92.9 Å². The molecular formula is C13H16KNaO4. The Labute approximate surface area is 178 Å². The fraction of sp³-hybridized carbons (Fsp3) is 0.385. The van der Waals surface area contributed by atoms with E-state index in [2.05, 4.69) is 0 Å². The molecule has 0 bridgehead atoms. The number of rotatable bonds is 5. The van der Waals surface area contributed by atoms with E-state index in [0.717, 1.165) is 19.3 Å². The summed E-state index contributed by atoms with van der Waals surface area (Å²) < 4.78 is 0. The van der Waals surface area contributed by atoms with Crippen LogP contribution in [-0.2, 0) is 4.79 Å². The van der Waals surface area contributed by atoms with Gasteiger partial charge in [-0.3, -0.25) is 0 Å². The molecule has 0 spiro atoms. The van der Waals surface area contributed by atoms with Gasteiger partial charge in [-0.05, 0) is 18.4 Å². The SMILES string of the molecule is CCCCCC(=O)[O-].O=C([O-])c1ccccc1.[K+].[Na+]. The van der Waals surface area contributed by atoms with E-state index in [1.807, 2.05) is 6.92 Å². The van der Waals surface area contributed by atoms with Crippen molar-refractivity contribution in [2.45, 2.75) is 32.6 Å². The minimum Gasteiger partial charge on any atom is -0.550 e. The van der Waals surface area contributed by atoms with Crippen molar-refractivity contribution in [2.24, 2.45) is 0 Å². The Morgan fingerprint density at radius 3 is 1.89 bits per heavy atom. The summed E-state index contributed by atoms with van der Waals surface area (Å²) in [5.74, 6) is -2.06. The normalized spacial score (nSPS) is 8.05. The van der Waals surface area contributed by atoms with E-state index in [4.69, 9.17) is 0 Å². The molecular weight excluding hydrogens is 282 g/mol. The van der Waals surface area contributed by atoms with E-state index < -0.39 is 11.9 Å². The molecule has 0 atom stereocenters. The van der Waals surface area contributed by atoms with Gasteiger partial charge in [-0.2, -0.15) is 0 Å². The molecule has 0 aliphatic carbocycles. The van der Waals surface area contributed by atoms with Gasteiger partial charge in [-0.25, -0.2) is 0 Å². The summed E-state index contributed by atoms with van der Waals surface area (Å²) >= 11 is 0. The van der Waals surface area contributed by atoms with Gasteiger partial charge in [0, 0.05) is 5.97 Å². The average Bonchev–Trinajstić information content (AvgIpc) is 2.31. The average molecular weight is 298 g/mol. The number of aromatic carboxylic acids is 1. The molecule has 0 saturated carbocycles. The fourth-order valence-electron chi connectivity index (χ4n) is 1.09. The summed E-state index contributed by atoms with van der Waals surface area (Å²) in [7, 11) is 0. The molecule has 1 aromatic rings. The second-order valence-corrected chi connectivity index (χ2v) is 3.48. The van der Waals surface area contributed by atoms with E-state index in [1.165, 1.54) is 12.1 Å². The first-order valence-corrected chi connectivity index (χ1v) is 5.54. The standard InChI is InChI=1S/C7H6O2.C6H12O2.K.Na/c8-7(9)6-4-2-1-3-5-6;1-2-3-4-5-6(7)8;;/h1-5H,(H,8,9);2-5H2,1H3,(H,7,8);;/q;;2*+1/p-2. The minimum atomic E-state index is -1.13. The van der Waals surface area contributed by atoms with Crippen LogP contribution in [0.5, 0.6) is 0 Å². The van der Waals surface area contributed by atoms with Gasteiger partial charge in [0.25, 0.3) is 0 Å². The smallest absolute Gasteiger partial charge is 0.550 e. The van der Waals surface area contributed by atoms with Gasteiger partial charge in [0.05, 0.1) is 5.97 Å². The number of unbranched alkanes of at least 4 members (excludes halogenated alkanes) is 2. The van der Waals surface area contributed by atoms with Crippen molar-refractivity contribution in [1.82, 2.24) is 0 Å². The molecule has 0 unspecified atom stereocenters. The number of carbonyl (C=O) groups excluding carboxylic acids is 2. The zero-order valence-electron chi connectivity index (χ0n) is 11.8. The summed E-state index contributed by atoms with van der Waals surface area (Å²) in [6.45, 7) is 2.04. The van der Waals surface area contributed by atoms with Gasteiger partial charge < -0.3 is 19.8 Å². The Morgan fingerprint density at radius 2 is 1.58 bits per heavy atom. The first-order chi connectivity index (χ1) is 8.07. The maximum atomic E-state index is 10.1. The quantitative estimate of drug-likeness (QED) is 0.401. The van der Waals surface area contributed by atoms with Crippen LogP contribution in [0.1, 0.15) is 43.0 Å². The maximum Gasteiger partial charge on any atom is 1.00 e. The van der Waals surface area contributed by atoms with E-state index in [9.17, 15) is 19.8 Å². The first-order valence-electron chi connectivity index (χ1n) is 5.54. The van der Waals surface area contributed by atoms with Crippen molar-refractivity contribution < 1.29 is 101 Å². The van der Waals surface area contributed by atoms with Gasteiger partial charge in [-0.1, -0.05) is 50.1 Å². The predicted molar refractivity (Wildman–Crippen MR) is 59.9 cm³/mol. The van der Waals surface area contributed by atoms with Crippen molar-refractivity contribution in [2.75, 3.05) is 0 Å². The monoisotopic (exact) mass is 298 g/mol. The van der Waals surface area contributed by atoms with E-state index in [1.54, 1.807) is 18.2 Å². The molecule has 0 saturated heterocycles. The van der Waals surface area contributed by atoms with Crippen LogP contribution in [0.2, 0.25) is 0 Å². The fourth-order valence-corrected chi connectivity index (χ4v) is 1.09. The molecule has 0 fully saturated rings. The molecule has 1 aromatic carbocycles. The molecule has 6 heteroatoms. The molecule has 0 heterocycles. The molecule has 0 amide bonds. The summed E-state index contributed by atoms with van der Waals surface area (Å²) in [5.41, 5.74) is 0.220. The van der Waals surface area contributed by atoms with Crippen LogP contribution >= 0.6 is 0 Å². The second-order valence-electron chi connectivity index (χ2n) is 3.48. The predicted octanol–water partition coefficient (Wildman–Crippen LogP) is -5.63. The molecule has 0 aromatic heterocycles. The summed E-state index contributed by atoms with van der Waals surface area (Å²) in [4.78, 5) is 19.9. The molecule has 94 valence electrons. The largest absolute Gasteiger partial charge is 1.00 e. The Hall–Kier alpha value is 0.796. The Kier molecular flexibility index (Phi) is 22.0. The van der Waals surface area contributed by atoms with Crippen molar-refractivity contribution in [3.8, 4) is 0 Å². The molecule has 1 rings (SSSR count). The van der Waals surface area contributed by atoms with Crippen LogP contribution in [0.4, 0.5) is 0 Å². The number of hydrogen-bond acceptors (Lipinski definition) is 4. The van der Waals surface area contributed by atoms with Crippen molar-refractivity contribution in [1.29, 1.82) is 0 Å². The molecule has 4 nitrogen and oxygen atoms in total. The topological polar surface area (TPSA) is 80.3 Å². The third kappa shape index (κ3) is 16.7. The minimum absolute atomic E-state index is 0. The van der Waals surface area contributed by atoms with Crippen molar-refractivity contribution in [3.63, 3.8) is 0 Å². The molecule has 0 aliphatic rings. The number of carboxylic acids is 2. The number of carboxylic acid groups (broad SMARTS) is 2. The molecule has 0 N–H and O–H groups in total. The third-order valence-corrected chi connectivity index (χ3v) is 1.99. The van der Waals surface area contributed by atoms with Crippen LogP contribution in [-0.4, -0.2) is 11.9 Å². The van der Waals surface area contributed by atoms with Gasteiger partial charge in [0.2, 0.25) is 0 Å². The number of benzene rings is 1. The number of carbonyl (C=O) groups is 2. The summed E-state index contributed by atoms with van der Waals surface area (Å²) in [5, 5.41) is 19.9. The van der Waals surface area contributed by atoms with Crippen LogP contribution in [0, 0.1) is 0 Å². The summed E-state index contributed by atoms with van der Waals surface area (Å²) in [6, 6.07) is 8.06. The van der Waals surface area contributed by atoms with Crippen LogP contribution < -0.4 is 91.2 Å². The Bertz CT molecular complexity index is 344. The van der Waals surface area contributed by atoms with E-state index >= 15 is 0 Å². The van der Waals surface area contributed by atoms with E-state index in [0.29, 0.717) is 0 Å².